The number of hydrogen-bond donors (Lipinski definition) is 2. The van der Waals surface area contributed by atoms with Crippen LogP contribution in [-0.2, 0) is 14.6 Å². The monoisotopic (exact) mass is 234 g/mol. The van der Waals surface area contributed by atoms with Gasteiger partial charge in [-0.2, -0.15) is 0 Å². The summed E-state index contributed by atoms with van der Waals surface area (Å²) in [5.74, 6) is 0.242. The molecular formula is C9H18N2O3S. The topological polar surface area (TPSA) is 89.3 Å². The van der Waals surface area contributed by atoms with Gasteiger partial charge in [-0.15, -0.1) is 0 Å². The van der Waals surface area contributed by atoms with Gasteiger partial charge in [0.05, 0.1) is 11.8 Å². The average Bonchev–Trinajstić information content (AvgIpc) is 2.76. The zero-order valence-electron chi connectivity index (χ0n) is 9.06. The van der Waals surface area contributed by atoms with E-state index in [1.165, 1.54) is 0 Å². The molecule has 88 valence electrons. The van der Waals surface area contributed by atoms with Crippen molar-refractivity contribution in [3.63, 3.8) is 0 Å². The van der Waals surface area contributed by atoms with Crippen LogP contribution < -0.4 is 11.1 Å². The molecule has 15 heavy (non-hydrogen) atoms. The van der Waals surface area contributed by atoms with Gasteiger partial charge < -0.3 is 11.1 Å². The molecule has 3 unspecified atom stereocenters. The van der Waals surface area contributed by atoms with Crippen molar-refractivity contribution >= 4 is 15.7 Å². The molecule has 0 aromatic rings. The molecule has 1 aliphatic carbocycles. The Morgan fingerprint density at radius 2 is 2.13 bits per heavy atom. The zero-order chi connectivity index (χ0) is 11.6. The number of amides is 1. The van der Waals surface area contributed by atoms with E-state index in [9.17, 15) is 13.2 Å². The van der Waals surface area contributed by atoms with Crippen LogP contribution in [0.1, 0.15) is 19.8 Å². The minimum Gasteiger partial charge on any atom is -0.352 e. The molecule has 0 radical (unpaired) electrons. The second-order valence-electron chi connectivity index (χ2n) is 4.35. The van der Waals surface area contributed by atoms with Crippen LogP contribution in [-0.4, -0.2) is 38.4 Å². The lowest BCUT2D eigenvalue weighted by Crippen LogP contribution is -2.42. The quantitative estimate of drug-likeness (QED) is 0.656. The molecule has 1 fully saturated rings. The fourth-order valence-corrected chi connectivity index (χ4v) is 1.97. The van der Waals surface area contributed by atoms with Crippen LogP contribution in [0.4, 0.5) is 0 Å². The van der Waals surface area contributed by atoms with Crippen molar-refractivity contribution in [2.24, 2.45) is 11.7 Å². The predicted octanol–water partition coefficient (Wildman–Crippen LogP) is -0.727. The highest BCUT2D eigenvalue weighted by Gasteiger charge is 2.34. The maximum Gasteiger partial charge on any atom is 0.237 e. The molecule has 1 amide bonds. The summed E-state index contributed by atoms with van der Waals surface area (Å²) in [5, 5.41) is 2.78. The Kier molecular flexibility index (Phi) is 3.72. The number of carbonyl (C=O) groups excluding carboxylic acids is 1. The normalized spacial score (nSPS) is 27.1. The first kappa shape index (κ1) is 12.4. The van der Waals surface area contributed by atoms with Crippen molar-refractivity contribution in [1.82, 2.24) is 5.32 Å². The summed E-state index contributed by atoms with van der Waals surface area (Å²) in [4.78, 5) is 11.4. The van der Waals surface area contributed by atoms with Crippen molar-refractivity contribution in [1.29, 1.82) is 0 Å². The summed E-state index contributed by atoms with van der Waals surface area (Å²) in [6, 6.07) is -0.477. The highest BCUT2D eigenvalue weighted by atomic mass is 32.2. The third-order valence-corrected chi connectivity index (χ3v) is 3.55. The van der Waals surface area contributed by atoms with Crippen molar-refractivity contribution in [3.8, 4) is 0 Å². The Labute approximate surface area is 90.3 Å². The Morgan fingerprint density at radius 1 is 1.60 bits per heavy atom. The average molecular weight is 234 g/mol. The van der Waals surface area contributed by atoms with Gasteiger partial charge in [0, 0.05) is 12.3 Å². The van der Waals surface area contributed by atoms with E-state index in [2.05, 4.69) is 5.32 Å². The molecule has 6 heteroatoms. The highest BCUT2D eigenvalue weighted by molar-refractivity contribution is 7.90. The lowest BCUT2D eigenvalue weighted by molar-refractivity contribution is -0.122. The van der Waals surface area contributed by atoms with Gasteiger partial charge in [0.2, 0.25) is 5.91 Å². The molecule has 0 aliphatic heterocycles. The molecule has 0 aromatic heterocycles. The molecule has 0 saturated heterocycles. The van der Waals surface area contributed by atoms with Crippen LogP contribution in [0.5, 0.6) is 0 Å². The first-order valence-electron chi connectivity index (χ1n) is 5.03. The Hall–Kier alpha value is -0.620. The number of nitrogens with two attached hydrogens (primary N) is 1. The van der Waals surface area contributed by atoms with Gasteiger partial charge in [-0.1, -0.05) is 6.92 Å². The second-order valence-corrected chi connectivity index (χ2v) is 6.61. The first-order chi connectivity index (χ1) is 6.79. The molecule has 1 aliphatic rings. The largest absolute Gasteiger partial charge is 0.352 e. The number of carbonyl (C=O) groups is 1. The number of sulfone groups is 1. The maximum absolute atomic E-state index is 11.4. The minimum absolute atomic E-state index is 0.0399. The van der Waals surface area contributed by atoms with Crippen LogP contribution in [0.25, 0.3) is 0 Å². The van der Waals surface area contributed by atoms with E-state index >= 15 is 0 Å². The van der Waals surface area contributed by atoms with E-state index in [1.807, 2.05) is 6.92 Å². The smallest absolute Gasteiger partial charge is 0.237 e. The van der Waals surface area contributed by atoms with Crippen molar-refractivity contribution < 1.29 is 13.2 Å². The van der Waals surface area contributed by atoms with E-state index in [4.69, 9.17) is 5.73 Å². The Bertz CT molecular complexity index is 339. The predicted molar refractivity (Wildman–Crippen MR) is 58.0 cm³/mol. The summed E-state index contributed by atoms with van der Waals surface area (Å²) in [6.45, 7) is 2.05. The van der Waals surface area contributed by atoms with Crippen LogP contribution in [0.15, 0.2) is 0 Å². The van der Waals surface area contributed by atoms with Gasteiger partial charge in [-0.3, -0.25) is 4.79 Å². The van der Waals surface area contributed by atoms with E-state index in [0.717, 1.165) is 12.7 Å². The Balaban J connectivity index is 2.27. The van der Waals surface area contributed by atoms with Gasteiger partial charge in [0.25, 0.3) is 0 Å². The van der Waals surface area contributed by atoms with Crippen molar-refractivity contribution in [2.75, 3.05) is 12.0 Å². The zero-order valence-corrected chi connectivity index (χ0v) is 9.88. The molecule has 1 rings (SSSR count). The summed E-state index contributed by atoms with van der Waals surface area (Å²) < 4.78 is 21.7. The number of nitrogens with one attached hydrogen (secondary N) is 1. The van der Waals surface area contributed by atoms with E-state index < -0.39 is 15.9 Å². The van der Waals surface area contributed by atoms with Gasteiger partial charge in [-0.05, 0) is 18.8 Å². The second kappa shape index (κ2) is 4.49. The number of hydrogen-bond acceptors (Lipinski definition) is 4. The third-order valence-electron chi connectivity index (χ3n) is 2.57. The van der Waals surface area contributed by atoms with Crippen LogP contribution in [0.3, 0.4) is 0 Å². The Morgan fingerprint density at radius 3 is 2.53 bits per heavy atom. The van der Waals surface area contributed by atoms with Crippen LogP contribution >= 0.6 is 0 Å². The van der Waals surface area contributed by atoms with E-state index in [0.29, 0.717) is 5.92 Å². The van der Waals surface area contributed by atoms with E-state index in [-0.39, 0.29) is 24.1 Å². The third kappa shape index (κ3) is 4.61. The maximum atomic E-state index is 11.4. The molecule has 0 bridgehead atoms. The molecule has 0 heterocycles. The lowest BCUT2D eigenvalue weighted by atomic mass is 10.2. The number of rotatable bonds is 5. The van der Waals surface area contributed by atoms with Gasteiger partial charge in [-0.25, -0.2) is 8.42 Å². The summed E-state index contributed by atoms with van der Waals surface area (Å²) in [6.07, 6.45) is 2.32. The van der Waals surface area contributed by atoms with Gasteiger partial charge in [0.1, 0.15) is 9.84 Å². The fraction of sp³-hybridized carbons (Fsp3) is 0.889. The lowest BCUT2D eigenvalue weighted by Gasteiger charge is -2.11. The molecule has 0 aromatic carbocycles. The fourth-order valence-electron chi connectivity index (χ4n) is 1.29. The summed E-state index contributed by atoms with van der Waals surface area (Å²) in [7, 11) is -3.04. The molecular weight excluding hydrogens is 216 g/mol. The highest BCUT2D eigenvalue weighted by Crippen LogP contribution is 2.28. The van der Waals surface area contributed by atoms with Crippen LogP contribution in [0, 0.1) is 5.92 Å². The van der Waals surface area contributed by atoms with Crippen molar-refractivity contribution in [2.45, 2.75) is 31.8 Å². The molecule has 0 spiro atoms. The summed E-state index contributed by atoms with van der Waals surface area (Å²) >= 11 is 0. The van der Waals surface area contributed by atoms with Gasteiger partial charge >= 0.3 is 0 Å². The first-order valence-corrected chi connectivity index (χ1v) is 7.09. The molecule has 5 nitrogen and oxygen atoms in total. The molecule has 1 saturated carbocycles. The standard InChI is InChI=1S/C9H18N2O3S/c1-6-5-8(6)11-9(12)7(10)3-4-15(2,13)14/h6-8H,3-5,10H2,1-2H3,(H,11,12). The SMILES string of the molecule is CC1CC1NC(=O)C(N)CCS(C)(=O)=O. The van der Waals surface area contributed by atoms with Gasteiger partial charge in [0.15, 0.2) is 0 Å². The molecule has 3 N–H and O–H groups in total. The van der Waals surface area contributed by atoms with Crippen molar-refractivity contribution in [3.05, 3.63) is 0 Å². The minimum atomic E-state index is -3.04. The summed E-state index contributed by atoms with van der Waals surface area (Å²) in [5.41, 5.74) is 5.57. The molecule has 3 atom stereocenters. The van der Waals surface area contributed by atoms with Crippen LogP contribution in [0.2, 0.25) is 0 Å². The van der Waals surface area contributed by atoms with E-state index in [1.54, 1.807) is 0 Å².